The van der Waals surface area contributed by atoms with E-state index in [0.717, 1.165) is 25.0 Å². The highest BCUT2D eigenvalue weighted by Gasteiger charge is 2.29. The third-order valence-electron chi connectivity index (χ3n) is 4.54. The van der Waals surface area contributed by atoms with E-state index in [1.807, 2.05) is 12.1 Å². The minimum atomic E-state index is -0.0210. The van der Waals surface area contributed by atoms with Crippen molar-refractivity contribution in [1.29, 1.82) is 0 Å². The van der Waals surface area contributed by atoms with Crippen molar-refractivity contribution in [3.8, 4) is 5.75 Å². The molecule has 1 aromatic carbocycles. The molecule has 4 heteroatoms. The summed E-state index contributed by atoms with van der Waals surface area (Å²) in [7, 11) is 1.66. The number of imide groups is 1. The summed E-state index contributed by atoms with van der Waals surface area (Å²) in [5.41, 5.74) is 1.26. The van der Waals surface area contributed by atoms with E-state index in [9.17, 15) is 9.59 Å². The number of ether oxygens (including phenoxy) is 1. The van der Waals surface area contributed by atoms with Gasteiger partial charge in [0, 0.05) is 19.4 Å². The van der Waals surface area contributed by atoms with E-state index in [4.69, 9.17) is 4.74 Å². The van der Waals surface area contributed by atoms with Gasteiger partial charge in [0.2, 0.25) is 11.8 Å². The largest absolute Gasteiger partial charge is 0.497 e. The average molecular weight is 317 g/mol. The second-order valence-corrected chi connectivity index (χ2v) is 6.67. The minimum Gasteiger partial charge on any atom is -0.497 e. The first kappa shape index (κ1) is 17.5. The van der Waals surface area contributed by atoms with Crippen LogP contribution in [-0.4, -0.2) is 30.4 Å². The van der Waals surface area contributed by atoms with Crippen LogP contribution in [0.25, 0.3) is 0 Å². The Bertz CT molecular complexity index is 520. The summed E-state index contributed by atoms with van der Waals surface area (Å²) in [5.74, 6) is 1.82. The number of likely N-dealkylation sites (tertiary alicyclic amines) is 1. The standard InChI is InChI=1S/C19H27NO3/c1-14(2)4-5-16(15-6-8-17(23-3)9-7-15)12-13-20-18(21)10-11-19(20)22/h6-9,14,16H,4-5,10-13H2,1-3H3/t16-/m0/s1. The molecule has 1 saturated heterocycles. The van der Waals surface area contributed by atoms with Crippen molar-refractivity contribution in [2.75, 3.05) is 13.7 Å². The van der Waals surface area contributed by atoms with Gasteiger partial charge in [-0.3, -0.25) is 14.5 Å². The molecule has 1 heterocycles. The SMILES string of the molecule is COc1ccc([C@@H](CCC(C)C)CCN2C(=O)CCC2=O)cc1. The van der Waals surface area contributed by atoms with Crippen molar-refractivity contribution in [2.24, 2.45) is 5.92 Å². The van der Waals surface area contributed by atoms with Crippen molar-refractivity contribution < 1.29 is 14.3 Å². The number of methoxy groups -OCH3 is 1. The highest BCUT2D eigenvalue weighted by Crippen LogP contribution is 2.29. The number of carbonyl (C=O) groups is 2. The summed E-state index contributed by atoms with van der Waals surface area (Å²) in [6.07, 6.45) is 3.78. The molecule has 0 aromatic heterocycles. The lowest BCUT2D eigenvalue weighted by atomic mass is 9.88. The summed E-state index contributed by atoms with van der Waals surface area (Å²) >= 11 is 0. The monoisotopic (exact) mass is 317 g/mol. The van der Waals surface area contributed by atoms with Gasteiger partial charge < -0.3 is 4.74 Å². The van der Waals surface area contributed by atoms with Gasteiger partial charge in [0.25, 0.3) is 0 Å². The number of hydrogen-bond donors (Lipinski definition) is 0. The molecule has 2 rings (SSSR count). The second kappa shape index (κ2) is 8.14. The third-order valence-corrected chi connectivity index (χ3v) is 4.54. The summed E-state index contributed by atoms with van der Waals surface area (Å²) in [6.45, 7) is 4.98. The molecule has 2 amide bonds. The lowest BCUT2D eigenvalue weighted by Crippen LogP contribution is -2.31. The molecule has 0 unspecified atom stereocenters. The van der Waals surface area contributed by atoms with Crippen LogP contribution in [0.4, 0.5) is 0 Å². The van der Waals surface area contributed by atoms with E-state index in [1.165, 1.54) is 10.5 Å². The molecule has 0 aliphatic carbocycles. The highest BCUT2D eigenvalue weighted by molar-refractivity contribution is 6.01. The number of rotatable bonds is 8. The van der Waals surface area contributed by atoms with Gasteiger partial charge in [0.05, 0.1) is 7.11 Å². The van der Waals surface area contributed by atoms with Gasteiger partial charge in [-0.25, -0.2) is 0 Å². The van der Waals surface area contributed by atoms with Crippen molar-refractivity contribution in [2.45, 2.75) is 51.9 Å². The van der Waals surface area contributed by atoms with E-state index in [1.54, 1.807) is 7.11 Å². The lowest BCUT2D eigenvalue weighted by Gasteiger charge is -2.22. The molecule has 1 fully saturated rings. The van der Waals surface area contributed by atoms with Crippen LogP contribution >= 0.6 is 0 Å². The van der Waals surface area contributed by atoms with Crippen molar-refractivity contribution in [3.05, 3.63) is 29.8 Å². The zero-order valence-corrected chi connectivity index (χ0v) is 14.4. The molecule has 0 saturated carbocycles. The first-order valence-electron chi connectivity index (χ1n) is 8.48. The first-order chi connectivity index (χ1) is 11.0. The highest BCUT2D eigenvalue weighted by atomic mass is 16.5. The van der Waals surface area contributed by atoms with Crippen LogP contribution in [-0.2, 0) is 9.59 Å². The van der Waals surface area contributed by atoms with Crippen LogP contribution in [0.3, 0.4) is 0 Å². The van der Waals surface area contributed by atoms with Crippen molar-refractivity contribution >= 4 is 11.8 Å². The molecule has 126 valence electrons. The predicted octanol–water partition coefficient (Wildman–Crippen LogP) is 3.75. The van der Waals surface area contributed by atoms with Gasteiger partial charge in [-0.1, -0.05) is 32.4 Å². The molecule has 0 radical (unpaired) electrons. The molecule has 4 nitrogen and oxygen atoms in total. The Morgan fingerprint density at radius 3 is 2.13 bits per heavy atom. The van der Waals surface area contributed by atoms with Crippen molar-refractivity contribution in [3.63, 3.8) is 0 Å². The van der Waals surface area contributed by atoms with Crippen LogP contribution in [0, 0.1) is 5.92 Å². The second-order valence-electron chi connectivity index (χ2n) is 6.67. The molecule has 23 heavy (non-hydrogen) atoms. The Hall–Kier alpha value is -1.84. The number of amides is 2. The number of nitrogens with zero attached hydrogens (tertiary/aromatic N) is 1. The molecule has 0 N–H and O–H groups in total. The Balaban J connectivity index is 2.03. The first-order valence-corrected chi connectivity index (χ1v) is 8.48. The molecule has 0 spiro atoms. The van der Waals surface area contributed by atoms with E-state index < -0.39 is 0 Å². The van der Waals surface area contributed by atoms with Crippen LogP contribution in [0.1, 0.15) is 57.4 Å². The summed E-state index contributed by atoms with van der Waals surface area (Å²) in [5, 5.41) is 0. The van der Waals surface area contributed by atoms with E-state index in [0.29, 0.717) is 31.2 Å². The number of benzene rings is 1. The van der Waals surface area contributed by atoms with Gasteiger partial charge in [-0.05, 0) is 42.4 Å². The zero-order chi connectivity index (χ0) is 16.8. The van der Waals surface area contributed by atoms with Crippen LogP contribution in [0.5, 0.6) is 5.75 Å². The minimum absolute atomic E-state index is 0.0210. The smallest absolute Gasteiger partial charge is 0.229 e. The molecular formula is C19H27NO3. The van der Waals surface area contributed by atoms with E-state index in [2.05, 4.69) is 26.0 Å². The van der Waals surface area contributed by atoms with Crippen molar-refractivity contribution in [1.82, 2.24) is 4.90 Å². The van der Waals surface area contributed by atoms with Crippen LogP contribution in [0.2, 0.25) is 0 Å². The predicted molar refractivity (Wildman–Crippen MR) is 90.4 cm³/mol. The van der Waals surface area contributed by atoms with E-state index >= 15 is 0 Å². The maximum atomic E-state index is 11.8. The maximum absolute atomic E-state index is 11.8. The Morgan fingerprint density at radius 1 is 1.00 bits per heavy atom. The Labute approximate surface area is 138 Å². The fourth-order valence-electron chi connectivity index (χ4n) is 3.05. The Morgan fingerprint density at radius 2 is 1.61 bits per heavy atom. The fraction of sp³-hybridized carbons (Fsp3) is 0.579. The number of hydrogen-bond acceptors (Lipinski definition) is 3. The molecule has 1 atom stereocenters. The molecular weight excluding hydrogens is 290 g/mol. The summed E-state index contributed by atoms with van der Waals surface area (Å²) in [6, 6.07) is 8.14. The molecule has 0 bridgehead atoms. The van der Waals surface area contributed by atoms with Gasteiger partial charge >= 0.3 is 0 Å². The summed E-state index contributed by atoms with van der Waals surface area (Å²) in [4.78, 5) is 25.0. The quantitative estimate of drug-likeness (QED) is 0.686. The lowest BCUT2D eigenvalue weighted by molar-refractivity contribution is -0.138. The van der Waals surface area contributed by atoms with Crippen LogP contribution in [0.15, 0.2) is 24.3 Å². The molecule has 1 aromatic rings. The normalized spacial score (nSPS) is 16.3. The van der Waals surface area contributed by atoms with Crippen LogP contribution < -0.4 is 4.74 Å². The topological polar surface area (TPSA) is 46.6 Å². The zero-order valence-electron chi connectivity index (χ0n) is 14.4. The molecule has 1 aliphatic rings. The van der Waals surface area contributed by atoms with E-state index in [-0.39, 0.29) is 11.8 Å². The van der Waals surface area contributed by atoms with Gasteiger partial charge in [0.15, 0.2) is 0 Å². The molecule has 1 aliphatic heterocycles. The van der Waals surface area contributed by atoms with Gasteiger partial charge in [-0.15, -0.1) is 0 Å². The maximum Gasteiger partial charge on any atom is 0.229 e. The van der Waals surface area contributed by atoms with Gasteiger partial charge in [-0.2, -0.15) is 0 Å². The average Bonchev–Trinajstić information content (AvgIpc) is 2.86. The Kier molecular flexibility index (Phi) is 6.20. The number of carbonyl (C=O) groups excluding carboxylic acids is 2. The summed E-state index contributed by atoms with van der Waals surface area (Å²) < 4.78 is 5.22. The fourth-order valence-corrected chi connectivity index (χ4v) is 3.05. The third kappa shape index (κ3) is 4.81. The van der Waals surface area contributed by atoms with Gasteiger partial charge in [0.1, 0.15) is 5.75 Å².